The minimum absolute atomic E-state index is 0.0689. The van der Waals surface area contributed by atoms with Crippen LogP contribution in [0.2, 0.25) is 0 Å². The van der Waals surface area contributed by atoms with E-state index in [0.717, 1.165) is 11.1 Å². The number of benzene rings is 1. The summed E-state index contributed by atoms with van der Waals surface area (Å²) in [7, 11) is -1.30. The largest absolute Gasteiger partial charge is 0.493 e. The zero-order valence-corrected chi connectivity index (χ0v) is 17.7. The quantitative estimate of drug-likeness (QED) is 0.668. The Morgan fingerprint density at radius 2 is 2.10 bits per heavy atom. The molecule has 2 N–H and O–H groups in total. The maximum atomic E-state index is 13.3. The van der Waals surface area contributed by atoms with Crippen LogP contribution in [0.4, 0.5) is 0 Å². The number of nitrogens with zero attached hydrogens (tertiary/aromatic N) is 1. The normalized spacial score (nSPS) is 33.0. The van der Waals surface area contributed by atoms with Gasteiger partial charge in [0, 0.05) is 41.1 Å². The van der Waals surface area contributed by atoms with Crippen molar-refractivity contribution in [2.75, 3.05) is 27.2 Å². The lowest BCUT2D eigenvalue weighted by atomic mass is 9.79. The fourth-order valence-corrected chi connectivity index (χ4v) is 4.61. The zero-order valence-electron chi connectivity index (χ0n) is 28.7. The maximum Gasteiger partial charge on any atom is 0.323 e. The molecule has 168 valence electrons. The summed E-state index contributed by atoms with van der Waals surface area (Å²) in [6.07, 6.45) is 0.556. The molecule has 1 saturated heterocycles. The number of hydrogen-bond donors (Lipinski definition) is 1. The van der Waals surface area contributed by atoms with E-state index in [1.54, 1.807) is 12.1 Å². The summed E-state index contributed by atoms with van der Waals surface area (Å²) in [4.78, 5) is 15.5. The zero-order chi connectivity index (χ0) is 31.3. The van der Waals surface area contributed by atoms with E-state index in [1.807, 2.05) is 13.8 Å². The van der Waals surface area contributed by atoms with E-state index in [2.05, 4.69) is 4.90 Å². The molecule has 4 atom stereocenters. The van der Waals surface area contributed by atoms with Crippen LogP contribution >= 0.6 is 0 Å². The first kappa shape index (κ1) is 12.3. The number of hydrogen-bond acceptors (Lipinski definition) is 6. The van der Waals surface area contributed by atoms with Crippen LogP contribution in [0.15, 0.2) is 12.1 Å². The van der Waals surface area contributed by atoms with Crippen molar-refractivity contribution >= 4 is 5.97 Å². The summed E-state index contributed by atoms with van der Waals surface area (Å²) in [5.41, 5.74) is 7.41. The molecule has 0 aromatic heterocycles. The summed E-state index contributed by atoms with van der Waals surface area (Å²) in [6, 6.07) is -0.447. The lowest BCUT2D eigenvalue weighted by Gasteiger charge is -2.47. The third-order valence-corrected chi connectivity index (χ3v) is 5.98. The number of carbonyl (C=O) groups is 1. The van der Waals surface area contributed by atoms with Gasteiger partial charge in [0.15, 0.2) is 11.5 Å². The van der Waals surface area contributed by atoms with Crippen LogP contribution < -0.4 is 15.2 Å². The van der Waals surface area contributed by atoms with Gasteiger partial charge in [0.05, 0.1) is 19.6 Å². The highest BCUT2D eigenvalue weighted by atomic mass is 16.5. The van der Waals surface area contributed by atoms with Gasteiger partial charge in [-0.25, -0.2) is 0 Å². The van der Waals surface area contributed by atoms with Gasteiger partial charge < -0.3 is 19.9 Å². The molecule has 0 aliphatic carbocycles. The average Bonchev–Trinajstić information content (AvgIpc) is 2.80. The molecule has 0 radical (unpaired) electrons. The minimum atomic E-state index is -3.65. The summed E-state index contributed by atoms with van der Waals surface area (Å²) >= 11 is 0. The highest BCUT2D eigenvalue weighted by Crippen LogP contribution is 2.44. The van der Waals surface area contributed by atoms with E-state index in [0.29, 0.717) is 25.9 Å². The number of fused-ring (bicyclic) bond motifs is 3. The first-order chi connectivity index (χ1) is 18.5. The number of nitrogens with two attached hydrogens (primary N) is 1. The molecule has 2 aliphatic rings. The fraction of sp³-hybridized carbons (Fsp3) is 0.708. The number of methoxy groups -OCH3 is 2. The van der Waals surface area contributed by atoms with Gasteiger partial charge in [0.25, 0.3) is 0 Å². The Morgan fingerprint density at radius 1 is 1.33 bits per heavy atom. The van der Waals surface area contributed by atoms with E-state index >= 15 is 0 Å². The van der Waals surface area contributed by atoms with Gasteiger partial charge in [-0.2, -0.15) is 0 Å². The highest BCUT2D eigenvalue weighted by Gasteiger charge is 2.41. The van der Waals surface area contributed by atoms with E-state index in [9.17, 15) is 4.79 Å². The van der Waals surface area contributed by atoms with Gasteiger partial charge in [-0.05, 0) is 47.9 Å². The number of rotatable bonds is 7. The number of piperidine rings is 1. The molecule has 6 heteroatoms. The smallest absolute Gasteiger partial charge is 0.323 e. The molecule has 1 fully saturated rings. The van der Waals surface area contributed by atoms with Gasteiger partial charge in [-0.3, -0.25) is 9.69 Å². The molecule has 2 heterocycles. The van der Waals surface area contributed by atoms with Gasteiger partial charge in [-0.1, -0.05) is 27.6 Å². The van der Waals surface area contributed by atoms with Crippen molar-refractivity contribution in [3.63, 3.8) is 0 Å². The van der Waals surface area contributed by atoms with Gasteiger partial charge >= 0.3 is 5.97 Å². The molecule has 0 spiro atoms. The van der Waals surface area contributed by atoms with Crippen LogP contribution in [0.25, 0.3) is 0 Å². The van der Waals surface area contributed by atoms with Gasteiger partial charge in [0.2, 0.25) is 0 Å². The van der Waals surface area contributed by atoms with Crippen molar-refractivity contribution in [2.24, 2.45) is 23.5 Å². The van der Waals surface area contributed by atoms with Crippen molar-refractivity contribution in [1.82, 2.24) is 4.90 Å². The Balaban J connectivity index is 1.99. The molecule has 6 nitrogen and oxygen atoms in total. The van der Waals surface area contributed by atoms with Crippen LogP contribution in [-0.4, -0.2) is 50.2 Å². The van der Waals surface area contributed by atoms with Crippen molar-refractivity contribution in [3.05, 3.63) is 23.3 Å². The van der Waals surface area contributed by atoms with Gasteiger partial charge in [-0.15, -0.1) is 0 Å². The summed E-state index contributed by atoms with van der Waals surface area (Å²) < 4.78 is 101. The molecule has 0 amide bonds. The van der Waals surface area contributed by atoms with Crippen LogP contribution in [0.3, 0.4) is 0 Å². The van der Waals surface area contributed by atoms with Crippen molar-refractivity contribution in [3.8, 4) is 11.5 Å². The average molecular weight is 430 g/mol. The summed E-state index contributed by atoms with van der Waals surface area (Å²) in [5, 5.41) is 0. The monoisotopic (exact) mass is 429 g/mol. The molecule has 0 bridgehead atoms. The molecule has 30 heavy (non-hydrogen) atoms. The second-order valence-corrected chi connectivity index (χ2v) is 8.42. The predicted octanol–water partition coefficient (Wildman–Crippen LogP) is 3.56. The third-order valence-electron chi connectivity index (χ3n) is 5.98. The number of esters is 1. The Morgan fingerprint density at radius 3 is 2.77 bits per heavy atom. The first-order valence-electron chi connectivity index (χ1n) is 15.7. The number of ether oxygens (including phenoxy) is 3. The fourth-order valence-electron chi connectivity index (χ4n) is 4.61. The Bertz CT molecular complexity index is 1100. The Hall–Kier alpha value is -1.79. The molecular formula is C24H38N2O4. The standard InChI is InChI=1S/C24H38N2O4/c1-14(2)9-17-13-26-8-7-16-10-21(28-5)22(29-6)11-18(16)19(26)12-20(17)30-24(27)23(25)15(3)4/h10-11,14-15,17,19-20,23H,7-9,12-13,25H2,1-6H3/i3D3,4D3,5D3,15D,23D. The van der Waals surface area contributed by atoms with E-state index in [4.69, 9.17) is 35.0 Å². The molecule has 2 aliphatic heterocycles. The molecule has 1 aromatic rings. The van der Waals surface area contributed by atoms with Crippen molar-refractivity contribution in [1.29, 1.82) is 0 Å². The van der Waals surface area contributed by atoms with E-state index in [-0.39, 0.29) is 35.8 Å². The van der Waals surface area contributed by atoms with Gasteiger partial charge in [0.1, 0.15) is 12.1 Å². The van der Waals surface area contributed by atoms with Crippen LogP contribution in [0.1, 0.15) is 72.6 Å². The molecular weight excluding hydrogens is 380 g/mol. The summed E-state index contributed by atoms with van der Waals surface area (Å²) in [6.45, 7) is -2.10. The minimum Gasteiger partial charge on any atom is -0.493 e. The van der Waals surface area contributed by atoms with Crippen LogP contribution in [0, 0.1) is 17.7 Å². The highest BCUT2D eigenvalue weighted by molar-refractivity contribution is 5.76. The van der Waals surface area contributed by atoms with E-state index < -0.39 is 44.7 Å². The first-order valence-corrected chi connectivity index (χ1v) is 10.2. The molecule has 0 saturated carbocycles. The predicted molar refractivity (Wildman–Crippen MR) is 118 cm³/mol. The molecule has 4 unspecified atom stereocenters. The van der Waals surface area contributed by atoms with Crippen molar-refractivity contribution in [2.45, 2.75) is 65.0 Å². The second kappa shape index (κ2) is 9.56. The molecule has 3 rings (SSSR count). The SMILES string of the molecule is [2H]C([2H])([2H])Oc1cc2c(cc1OC)C1CC(OC(=O)C([2H])(N)C([2H])(C([2H])([2H])[2H])C([2H])([2H])[2H])C(CC(C)C)CN1CC2. The Labute approximate surface area is 196 Å². The van der Waals surface area contributed by atoms with E-state index in [1.165, 1.54) is 7.11 Å². The topological polar surface area (TPSA) is 74.0 Å². The van der Waals surface area contributed by atoms with Crippen LogP contribution in [0.5, 0.6) is 11.5 Å². The number of carbonyl (C=O) groups excluding carboxylic acids is 1. The lowest BCUT2D eigenvalue weighted by Crippen LogP contribution is -2.51. The maximum absolute atomic E-state index is 13.3. The Kier molecular flexibility index (Phi) is 3.92. The molecule has 1 aromatic carbocycles. The van der Waals surface area contributed by atoms with Crippen LogP contribution in [-0.2, 0) is 16.0 Å². The van der Waals surface area contributed by atoms with Crippen molar-refractivity contribution < 1.29 is 34.1 Å². The summed E-state index contributed by atoms with van der Waals surface area (Å²) in [5.74, 6) is -5.02. The third kappa shape index (κ3) is 4.75. The second-order valence-electron chi connectivity index (χ2n) is 8.42. The lowest BCUT2D eigenvalue weighted by molar-refractivity contribution is -0.160.